The van der Waals surface area contributed by atoms with Crippen LogP contribution in [0.2, 0.25) is 0 Å². The van der Waals surface area contributed by atoms with E-state index in [2.05, 4.69) is 43.1 Å². The van der Waals surface area contributed by atoms with Crippen LogP contribution in [0.5, 0.6) is 5.75 Å². The van der Waals surface area contributed by atoms with Gasteiger partial charge in [-0.1, -0.05) is 93.6 Å². The third-order valence-electron chi connectivity index (χ3n) is 11.2. The smallest absolute Gasteiger partial charge is 0.412 e. The van der Waals surface area contributed by atoms with E-state index in [1.54, 1.807) is 7.11 Å². The van der Waals surface area contributed by atoms with Crippen molar-refractivity contribution in [3.8, 4) is 16.9 Å². The monoisotopic (exact) mass is 763 g/mol. The van der Waals surface area contributed by atoms with Gasteiger partial charge in [0.05, 0.1) is 13.0 Å². The number of nitrogens with one attached hydrogen (secondary N) is 1. The minimum atomic E-state index is -0.277. The molecule has 0 unspecified atom stereocenters. The molecule has 1 amide bonds. The van der Waals surface area contributed by atoms with Crippen LogP contribution in [0.15, 0.2) is 91.0 Å². The Balaban J connectivity index is 0.000000197. The van der Waals surface area contributed by atoms with Crippen molar-refractivity contribution in [2.45, 2.75) is 96.7 Å². The quantitative estimate of drug-likeness (QED) is 0.0599. The molecule has 4 aromatic rings. The topological polar surface area (TPSA) is 113 Å². The van der Waals surface area contributed by atoms with Gasteiger partial charge in [0.2, 0.25) is 0 Å². The molecule has 2 N–H and O–H groups in total. The first-order chi connectivity index (χ1) is 26.9. The number of aryl methyl sites for hydroxylation is 1. The number of ether oxygens (including phenoxy) is 4. The van der Waals surface area contributed by atoms with E-state index < -0.39 is 0 Å². The highest BCUT2D eigenvalue weighted by Crippen LogP contribution is 2.57. The second-order valence-electron chi connectivity index (χ2n) is 16.9. The van der Waals surface area contributed by atoms with Gasteiger partial charge in [0.25, 0.3) is 0 Å². The molecule has 298 valence electrons. The van der Waals surface area contributed by atoms with Crippen LogP contribution in [0.1, 0.15) is 87.1 Å². The molecule has 8 rings (SSSR count). The average Bonchev–Trinajstić information content (AvgIpc) is 3.15. The van der Waals surface area contributed by atoms with E-state index in [1.807, 2.05) is 85.8 Å². The zero-order valence-electron chi connectivity index (χ0n) is 33.5. The molecule has 0 aliphatic heterocycles. The molecule has 0 heterocycles. The van der Waals surface area contributed by atoms with Gasteiger partial charge in [0.1, 0.15) is 18.0 Å². The summed E-state index contributed by atoms with van der Waals surface area (Å²) in [4.78, 5) is 29.0. The number of carbonyl (C=O) groups excluding carboxylic acids is 2. The molecule has 4 saturated carbocycles. The van der Waals surface area contributed by atoms with Crippen molar-refractivity contribution in [3.63, 3.8) is 0 Å². The van der Waals surface area contributed by atoms with Crippen molar-refractivity contribution in [3.05, 3.63) is 119 Å². The molecular weight excluding hydrogens is 707 g/mol. The molecule has 4 bridgehead atoms. The molecule has 9 heteroatoms. The summed E-state index contributed by atoms with van der Waals surface area (Å²) >= 11 is 0. The Morgan fingerprint density at radius 2 is 1.48 bits per heavy atom. The van der Waals surface area contributed by atoms with Crippen LogP contribution in [-0.2, 0) is 48.8 Å². The number of hydrogen-bond donors (Lipinski definition) is 2. The molecule has 0 saturated heterocycles. The number of hydrogen-bond acceptors (Lipinski definition) is 8. The van der Waals surface area contributed by atoms with Gasteiger partial charge in [-0.3, -0.25) is 15.4 Å². The zero-order chi connectivity index (χ0) is 39.7. The number of rotatable bonds is 13. The van der Waals surface area contributed by atoms with E-state index in [0.29, 0.717) is 12.2 Å². The van der Waals surface area contributed by atoms with Gasteiger partial charge in [-0.15, -0.1) is 0 Å². The number of carbonyl (C=O) groups is 2. The van der Waals surface area contributed by atoms with Gasteiger partial charge in [-0.05, 0) is 127 Å². The number of anilines is 1. The maximum atomic E-state index is 12.4. The molecule has 4 fully saturated rings. The minimum absolute atomic E-state index is 0.123. The first-order valence-electron chi connectivity index (χ1n) is 19.8. The lowest BCUT2D eigenvalue weighted by molar-refractivity contribution is -0.241. The third kappa shape index (κ3) is 11.0. The summed E-state index contributed by atoms with van der Waals surface area (Å²) in [5.41, 5.74) is 7.71. The van der Waals surface area contributed by atoms with Gasteiger partial charge < -0.3 is 18.9 Å². The first-order valence-corrected chi connectivity index (χ1v) is 19.8. The molecule has 56 heavy (non-hydrogen) atoms. The maximum Gasteiger partial charge on any atom is 0.412 e. The van der Waals surface area contributed by atoms with Crippen molar-refractivity contribution in [2.24, 2.45) is 17.8 Å². The van der Waals surface area contributed by atoms with Gasteiger partial charge >= 0.3 is 12.1 Å². The van der Waals surface area contributed by atoms with Crippen LogP contribution in [-0.4, -0.2) is 43.4 Å². The summed E-state index contributed by atoms with van der Waals surface area (Å²) < 4.78 is 22.3. The normalized spacial score (nSPS) is 20.8. The lowest BCUT2D eigenvalue weighted by atomic mass is 9.54. The summed E-state index contributed by atoms with van der Waals surface area (Å²) in [6.07, 6.45) is 7.75. The zero-order valence-corrected chi connectivity index (χ0v) is 33.5. The average molecular weight is 764 g/mol. The first kappa shape index (κ1) is 40.9. The third-order valence-corrected chi connectivity index (χ3v) is 11.2. The van der Waals surface area contributed by atoms with E-state index >= 15 is 0 Å². The van der Waals surface area contributed by atoms with Crippen LogP contribution >= 0.6 is 0 Å². The largest absolute Gasteiger partial charge is 0.467 e. The Morgan fingerprint density at radius 1 is 0.839 bits per heavy atom. The predicted molar refractivity (Wildman–Crippen MR) is 217 cm³/mol. The molecule has 4 aliphatic rings. The van der Waals surface area contributed by atoms with Crippen molar-refractivity contribution < 1.29 is 38.7 Å². The van der Waals surface area contributed by atoms with Crippen molar-refractivity contribution in [1.82, 2.24) is 0 Å². The summed E-state index contributed by atoms with van der Waals surface area (Å²) in [5.74, 6) is 2.78. The highest BCUT2D eigenvalue weighted by Gasteiger charge is 2.53. The Bertz CT molecular complexity index is 1840. The summed E-state index contributed by atoms with van der Waals surface area (Å²) in [7, 11) is 1.57. The lowest BCUT2D eigenvalue weighted by Gasteiger charge is -2.55. The van der Waals surface area contributed by atoms with E-state index in [0.717, 1.165) is 76.1 Å². The van der Waals surface area contributed by atoms with Gasteiger partial charge in [0.15, 0.2) is 6.79 Å². The van der Waals surface area contributed by atoms with Crippen LogP contribution in [0.4, 0.5) is 10.5 Å². The molecule has 9 nitrogen and oxygen atoms in total. The Morgan fingerprint density at radius 3 is 2.07 bits per heavy atom. The SMILES string of the molecule is CC(C)(C)c1ccc(NC(=O)OC23CC4CC(CC(C4)C2)C3)cc1.COCOc1cc(C)cc(CCOO)c1-c1ccc(CC(=O)OCc2ccccc2)cc1. The van der Waals surface area contributed by atoms with E-state index in [-0.39, 0.29) is 49.5 Å². The van der Waals surface area contributed by atoms with Crippen molar-refractivity contribution in [1.29, 1.82) is 0 Å². The number of methoxy groups -OCH3 is 1. The van der Waals surface area contributed by atoms with Crippen LogP contribution in [0.3, 0.4) is 0 Å². The standard InChI is InChI=1S/C26H28O6.C21H29NO2/c1-19-14-23(12-13-32-28)26(24(15-19)31-18-29-2)22-10-8-20(9-11-22)16-25(27)30-17-21-6-4-3-5-7-21;1-20(2,3)17-4-6-18(7-5-17)22-19(23)24-21-11-14-8-15(12-21)10-16(9-14)13-21/h3-11,14-15,28H,12-13,16-18H2,1-2H3;4-7,14-16H,8-13H2,1-3H3,(H,22,23). The maximum absolute atomic E-state index is 12.4. The molecule has 0 radical (unpaired) electrons. The van der Waals surface area contributed by atoms with E-state index in [4.69, 9.17) is 24.2 Å². The number of esters is 1. The molecular formula is C47H57NO8. The summed E-state index contributed by atoms with van der Waals surface area (Å²) in [6, 6.07) is 29.4. The minimum Gasteiger partial charge on any atom is -0.467 e. The summed E-state index contributed by atoms with van der Waals surface area (Å²) in [5, 5.41) is 11.7. The fraction of sp³-hybridized carbons (Fsp3) is 0.447. The lowest BCUT2D eigenvalue weighted by Crippen LogP contribution is -2.53. The highest BCUT2D eigenvalue weighted by atomic mass is 17.1. The fourth-order valence-electron chi connectivity index (χ4n) is 9.04. The molecule has 0 aromatic heterocycles. The highest BCUT2D eigenvalue weighted by molar-refractivity contribution is 5.85. The van der Waals surface area contributed by atoms with Crippen LogP contribution < -0.4 is 10.1 Å². The fourth-order valence-corrected chi connectivity index (χ4v) is 9.04. The molecule has 0 spiro atoms. The van der Waals surface area contributed by atoms with Gasteiger partial charge in [0, 0.05) is 18.4 Å². The van der Waals surface area contributed by atoms with E-state index in [1.165, 1.54) is 24.8 Å². The summed E-state index contributed by atoms with van der Waals surface area (Å²) in [6.45, 7) is 9.11. The van der Waals surface area contributed by atoms with E-state index in [9.17, 15) is 9.59 Å². The molecule has 0 atom stereocenters. The number of benzene rings is 4. The number of amides is 1. The van der Waals surface area contributed by atoms with Gasteiger partial charge in [-0.25, -0.2) is 9.68 Å². The second-order valence-corrected chi connectivity index (χ2v) is 16.9. The van der Waals surface area contributed by atoms with Crippen molar-refractivity contribution >= 4 is 17.7 Å². The van der Waals surface area contributed by atoms with Crippen LogP contribution in [0.25, 0.3) is 11.1 Å². The Labute approximate surface area is 331 Å². The Hall–Kier alpha value is -4.70. The second kappa shape index (κ2) is 18.5. The van der Waals surface area contributed by atoms with Crippen molar-refractivity contribution in [2.75, 3.05) is 25.8 Å². The molecule has 4 aromatic carbocycles. The predicted octanol–water partition coefficient (Wildman–Crippen LogP) is 10.5. The van der Waals surface area contributed by atoms with Crippen LogP contribution in [0, 0.1) is 24.7 Å². The van der Waals surface area contributed by atoms with Gasteiger partial charge in [-0.2, -0.15) is 0 Å². The Kier molecular flexibility index (Phi) is 13.5. The molecule has 4 aliphatic carbocycles.